The van der Waals surface area contributed by atoms with Gasteiger partial charge in [0.15, 0.2) is 0 Å². The number of hydrogen-bond donors (Lipinski definition) is 2. The van der Waals surface area contributed by atoms with E-state index in [-0.39, 0.29) is 23.0 Å². The molecular formula is C11H13NO4. The second kappa shape index (κ2) is 4.65. The molecule has 0 heterocycles. The summed E-state index contributed by atoms with van der Waals surface area (Å²) in [4.78, 5) is 22.1. The largest absolute Gasteiger partial charge is 0.489 e. The number of carbonyl (C=O) groups is 2. The number of carbonyl (C=O) groups excluding carboxylic acids is 1. The van der Waals surface area contributed by atoms with Crippen molar-refractivity contribution in [2.75, 3.05) is 0 Å². The molecule has 1 amide bonds. The lowest BCUT2D eigenvalue weighted by atomic mass is 10.1. The van der Waals surface area contributed by atoms with Crippen LogP contribution in [-0.2, 0) is 0 Å². The Morgan fingerprint density at radius 1 is 1.31 bits per heavy atom. The second-order valence-electron chi connectivity index (χ2n) is 3.52. The number of amides is 1. The zero-order valence-electron chi connectivity index (χ0n) is 9.06. The molecule has 1 rings (SSSR count). The summed E-state index contributed by atoms with van der Waals surface area (Å²) in [7, 11) is 0. The van der Waals surface area contributed by atoms with E-state index >= 15 is 0 Å². The lowest BCUT2D eigenvalue weighted by Crippen LogP contribution is -2.18. The maximum Gasteiger partial charge on any atom is 0.339 e. The van der Waals surface area contributed by atoms with Gasteiger partial charge in [0.1, 0.15) is 11.3 Å². The molecule has 5 heteroatoms. The molecule has 86 valence electrons. The molecule has 0 aliphatic rings. The van der Waals surface area contributed by atoms with E-state index in [1.165, 1.54) is 18.2 Å². The average molecular weight is 223 g/mol. The minimum atomic E-state index is -1.15. The van der Waals surface area contributed by atoms with E-state index in [1.807, 2.05) is 0 Å². The van der Waals surface area contributed by atoms with Crippen molar-refractivity contribution in [2.24, 2.45) is 5.73 Å². The van der Waals surface area contributed by atoms with Gasteiger partial charge in [0.25, 0.3) is 5.91 Å². The third-order valence-electron chi connectivity index (χ3n) is 1.86. The predicted molar refractivity (Wildman–Crippen MR) is 57.7 cm³/mol. The Hall–Kier alpha value is -2.04. The van der Waals surface area contributed by atoms with Gasteiger partial charge in [-0.25, -0.2) is 4.79 Å². The van der Waals surface area contributed by atoms with E-state index in [0.717, 1.165) is 0 Å². The highest BCUT2D eigenvalue weighted by Crippen LogP contribution is 2.25. The number of ether oxygens (including phenoxy) is 1. The highest BCUT2D eigenvalue weighted by atomic mass is 16.5. The topological polar surface area (TPSA) is 89.6 Å². The molecule has 16 heavy (non-hydrogen) atoms. The van der Waals surface area contributed by atoms with Crippen LogP contribution in [0.25, 0.3) is 0 Å². The second-order valence-corrected chi connectivity index (χ2v) is 3.52. The van der Waals surface area contributed by atoms with Crippen molar-refractivity contribution in [3.63, 3.8) is 0 Å². The molecular weight excluding hydrogens is 210 g/mol. The van der Waals surface area contributed by atoms with E-state index < -0.39 is 11.9 Å². The third kappa shape index (κ3) is 2.50. The number of rotatable bonds is 4. The van der Waals surface area contributed by atoms with Gasteiger partial charge in [-0.05, 0) is 26.0 Å². The summed E-state index contributed by atoms with van der Waals surface area (Å²) < 4.78 is 5.32. The van der Waals surface area contributed by atoms with E-state index in [2.05, 4.69) is 0 Å². The summed E-state index contributed by atoms with van der Waals surface area (Å²) in [6.45, 7) is 3.48. The predicted octanol–water partition coefficient (Wildman–Crippen LogP) is 1.27. The molecule has 3 N–H and O–H groups in total. The van der Waals surface area contributed by atoms with Crippen LogP contribution in [0.3, 0.4) is 0 Å². The molecule has 0 saturated carbocycles. The SMILES string of the molecule is CC(C)Oc1c(C(N)=O)cccc1C(=O)O. The van der Waals surface area contributed by atoms with Gasteiger partial charge in [0.05, 0.1) is 11.7 Å². The molecule has 5 nitrogen and oxygen atoms in total. The van der Waals surface area contributed by atoms with Crippen LogP contribution in [-0.4, -0.2) is 23.1 Å². The monoisotopic (exact) mass is 223 g/mol. The van der Waals surface area contributed by atoms with E-state index in [0.29, 0.717) is 0 Å². The van der Waals surface area contributed by atoms with E-state index in [4.69, 9.17) is 15.6 Å². The standard InChI is InChI=1S/C11H13NO4/c1-6(2)16-9-7(10(12)13)4-3-5-8(9)11(14)15/h3-6H,1-2H3,(H2,12,13)(H,14,15). The van der Waals surface area contributed by atoms with Crippen LogP contribution in [0, 0.1) is 0 Å². The van der Waals surface area contributed by atoms with Gasteiger partial charge in [-0.3, -0.25) is 4.79 Å². The Morgan fingerprint density at radius 2 is 1.88 bits per heavy atom. The van der Waals surface area contributed by atoms with Gasteiger partial charge in [-0.2, -0.15) is 0 Å². The summed E-state index contributed by atoms with van der Waals surface area (Å²) in [5, 5.41) is 8.95. The zero-order valence-corrected chi connectivity index (χ0v) is 9.06. The fraction of sp³-hybridized carbons (Fsp3) is 0.273. The van der Waals surface area contributed by atoms with Gasteiger partial charge in [-0.1, -0.05) is 6.07 Å². The van der Waals surface area contributed by atoms with Crippen molar-refractivity contribution in [1.82, 2.24) is 0 Å². The highest BCUT2D eigenvalue weighted by molar-refractivity contribution is 6.01. The number of hydrogen-bond acceptors (Lipinski definition) is 3. The fourth-order valence-electron chi connectivity index (χ4n) is 1.26. The van der Waals surface area contributed by atoms with Gasteiger partial charge in [-0.15, -0.1) is 0 Å². The van der Waals surface area contributed by atoms with Crippen LogP contribution in [0.5, 0.6) is 5.75 Å². The molecule has 0 aromatic heterocycles. The zero-order chi connectivity index (χ0) is 12.3. The normalized spacial score (nSPS) is 10.2. The van der Waals surface area contributed by atoms with Crippen molar-refractivity contribution in [3.8, 4) is 5.75 Å². The summed E-state index contributed by atoms with van der Waals surface area (Å²) >= 11 is 0. The summed E-state index contributed by atoms with van der Waals surface area (Å²) in [6.07, 6.45) is -0.237. The van der Waals surface area contributed by atoms with Crippen molar-refractivity contribution < 1.29 is 19.4 Å². The maximum absolute atomic E-state index is 11.1. The molecule has 0 unspecified atom stereocenters. The maximum atomic E-state index is 11.1. The molecule has 0 radical (unpaired) electrons. The first-order valence-corrected chi connectivity index (χ1v) is 4.76. The van der Waals surface area contributed by atoms with E-state index in [1.54, 1.807) is 13.8 Å². The van der Waals surface area contributed by atoms with Crippen molar-refractivity contribution in [2.45, 2.75) is 20.0 Å². The van der Waals surface area contributed by atoms with Crippen molar-refractivity contribution in [1.29, 1.82) is 0 Å². The van der Waals surface area contributed by atoms with E-state index in [9.17, 15) is 9.59 Å². The number of carboxylic acid groups (broad SMARTS) is 1. The first-order chi connectivity index (χ1) is 7.43. The number of para-hydroxylation sites is 1. The van der Waals surface area contributed by atoms with Crippen LogP contribution < -0.4 is 10.5 Å². The van der Waals surface area contributed by atoms with Crippen molar-refractivity contribution >= 4 is 11.9 Å². The Bertz CT molecular complexity index is 394. The van der Waals surface area contributed by atoms with Crippen LogP contribution >= 0.6 is 0 Å². The first kappa shape index (κ1) is 12.0. The number of nitrogens with two attached hydrogens (primary N) is 1. The quantitative estimate of drug-likeness (QED) is 0.804. The average Bonchev–Trinajstić information content (AvgIpc) is 2.16. The highest BCUT2D eigenvalue weighted by Gasteiger charge is 2.19. The molecule has 1 aromatic rings. The van der Waals surface area contributed by atoms with Crippen LogP contribution in [0.15, 0.2) is 18.2 Å². The summed E-state index contributed by atoms with van der Waals surface area (Å²) in [5.74, 6) is -1.84. The van der Waals surface area contributed by atoms with Crippen LogP contribution in [0.2, 0.25) is 0 Å². The Balaban J connectivity index is 3.34. The molecule has 0 saturated heterocycles. The number of carboxylic acids is 1. The molecule has 1 aromatic carbocycles. The molecule has 0 fully saturated rings. The van der Waals surface area contributed by atoms with Crippen LogP contribution in [0.1, 0.15) is 34.6 Å². The number of benzene rings is 1. The lowest BCUT2D eigenvalue weighted by molar-refractivity contribution is 0.0690. The Morgan fingerprint density at radius 3 is 2.31 bits per heavy atom. The number of primary amides is 1. The summed E-state index contributed by atoms with van der Waals surface area (Å²) in [6, 6.07) is 4.26. The van der Waals surface area contributed by atoms with Gasteiger partial charge in [0.2, 0.25) is 0 Å². The fourth-order valence-corrected chi connectivity index (χ4v) is 1.26. The van der Waals surface area contributed by atoms with Gasteiger partial charge in [0, 0.05) is 0 Å². The smallest absolute Gasteiger partial charge is 0.339 e. The van der Waals surface area contributed by atoms with Crippen molar-refractivity contribution in [3.05, 3.63) is 29.3 Å². The van der Waals surface area contributed by atoms with Crippen LogP contribution in [0.4, 0.5) is 0 Å². The molecule has 0 atom stereocenters. The lowest BCUT2D eigenvalue weighted by Gasteiger charge is -2.14. The number of aromatic carboxylic acids is 1. The molecule has 0 spiro atoms. The minimum Gasteiger partial charge on any atom is -0.489 e. The summed E-state index contributed by atoms with van der Waals surface area (Å²) in [5.41, 5.74) is 5.16. The van der Waals surface area contributed by atoms with Gasteiger partial charge < -0.3 is 15.6 Å². The third-order valence-corrected chi connectivity index (χ3v) is 1.86. The molecule has 0 aliphatic heterocycles. The Labute approximate surface area is 92.8 Å². The molecule has 0 aliphatic carbocycles. The minimum absolute atomic E-state index is 0.0255. The van der Waals surface area contributed by atoms with Gasteiger partial charge >= 0.3 is 5.97 Å². The Kier molecular flexibility index (Phi) is 3.50. The molecule has 0 bridgehead atoms. The first-order valence-electron chi connectivity index (χ1n) is 4.76.